The minimum atomic E-state index is -1.15. The molecule has 19 heavy (non-hydrogen) atoms. The van der Waals surface area contributed by atoms with Crippen molar-refractivity contribution in [3.05, 3.63) is 30.1 Å². The topological polar surface area (TPSA) is 72.3 Å². The number of unbranched alkanes of at least 4 members (excludes halogenated alkanes) is 2. The minimum Gasteiger partial charge on any atom is -0.477 e. The number of rotatable bonds is 6. The Morgan fingerprint density at radius 1 is 1.26 bits per heavy atom. The van der Waals surface area contributed by atoms with E-state index in [4.69, 9.17) is 9.84 Å². The van der Waals surface area contributed by atoms with Gasteiger partial charge in [-0.25, -0.2) is 9.78 Å². The zero-order valence-electron chi connectivity index (χ0n) is 10.8. The van der Waals surface area contributed by atoms with Crippen LogP contribution < -0.4 is 4.74 Å². The number of benzene rings is 1. The van der Waals surface area contributed by atoms with Gasteiger partial charge in [-0.15, -0.1) is 0 Å². The van der Waals surface area contributed by atoms with E-state index in [-0.39, 0.29) is 5.82 Å². The number of hydrogen-bond acceptors (Lipinski definition) is 4. The fraction of sp³-hybridized carbons (Fsp3) is 0.357. The summed E-state index contributed by atoms with van der Waals surface area (Å²) in [5, 5.41) is 9.74. The summed E-state index contributed by atoms with van der Waals surface area (Å²) < 4.78 is 5.60. The van der Waals surface area contributed by atoms with E-state index in [9.17, 15) is 4.79 Å². The van der Waals surface area contributed by atoms with E-state index in [2.05, 4.69) is 16.9 Å². The SMILES string of the molecule is CCCCCOc1nc(C(=O)O)nc2ccccc12. The van der Waals surface area contributed by atoms with Crippen molar-refractivity contribution in [2.45, 2.75) is 26.2 Å². The largest absolute Gasteiger partial charge is 0.477 e. The predicted octanol–water partition coefficient (Wildman–Crippen LogP) is 2.90. The van der Waals surface area contributed by atoms with Gasteiger partial charge in [0.2, 0.25) is 11.7 Å². The second-order valence-electron chi connectivity index (χ2n) is 4.23. The summed E-state index contributed by atoms with van der Waals surface area (Å²) >= 11 is 0. The van der Waals surface area contributed by atoms with Crippen molar-refractivity contribution in [1.82, 2.24) is 9.97 Å². The van der Waals surface area contributed by atoms with Gasteiger partial charge in [0.05, 0.1) is 17.5 Å². The van der Waals surface area contributed by atoms with Gasteiger partial charge in [-0.3, -0.25) is 0 Å². The van der Waals surface area contributed by atoms with Gasteiger partial charge in [0, 0.05) is 0 Å². The van der Waals surface area contributed by atoms with Crippen molar-refractivity contribution in [3.8, 4) is 5.88 Å². The number of aromatic nitrogens is 2. The molecule has 0 radical (unpaired) electrons. The minimum absolute atomic E-state index is 0.232. The highest BCUT2D eigenvalue weighted by Gasteiger charge is 2.13. The van der Waals surface area contributed by atoms with Crippen LogP contribution in [0.1, 0.15) is 36.8 Å². The number of para-hydroxylation sites is 1. The summed E-state index contributed by atoms with van der Waals surface area (Å²) in [6, 6.07) is 7.24. The zero-order chi connectivity index (χ0) is 13.7. The summed E-state index contributed by atoms with van der Waals surface area (Å²) in [6.07, 6.45) is 3.11. The molecule has 0 aliphatic carbocycles. The van der Waals surface area contributed by atoms with E-state index in [0.717, 1.165) is 24.6 Å². The van der Waals surface area contributed by atoms with Crippen molar-refractivity contribution in [2.24, 2.45) is 0 Å². The molecule has 2 aromatic rings. The number of fused-ring (bicyclic) bond motifs is 1. The lowest BCUT2D eigenvalue weighted by Crippen LogP contribution is -2.08. The zero-order valence-corrected chi connectivity index (χ0v) is 10.8. The molecule has 0 aliphatic heterocycles. The summed E-state index contributed by atoms with van der Waals surface area (Å²) in [7, 11) is 0. The number of nitrogens with zero attached hydrogens (tertiary/aromatic N) is 2. The first-order chi connectivity index (χ1) is 9.22. The maximum absolute atomic E-state index is 11.0. The number of carboxylic acids is 1. The Kier molecular flexibility index (Phi) is 4.28. The highest BCUT2D eigenvalue weighted by atomic mass is 16.5. The monoisotopic (exact) mass is 260 g/mol. The number of carboxylic acid groups (broad SMARTS) is 1. The molecule has 5 heteroatoms. The molecule has 0 fully saturated rings. The van der Waals surface area contributed by atoms with Gasteiger partial charge in [-0.2, -0.15) is 4.98 Å². The fourth-order valence-corrected chi connectivity index (χ4v) is 1.77. The molecule has 5 nitrogen and oxygen atoms in total. The third kappa shape index (κ3) is 3.19. The quantitative estimate of drug-likeness (QED) is 0.808. The molecule has 100 valence electrons. The van der Waals surface area contributed by atoms with Gasteiger partial charge in [0.15, 0.2) is 0 Å². The molecule has 0 aliphatic rings. The molecule has 0 amide bonds. The number of ether oxygens (including phenoxy) is 1. The number of hydrogen-bond donors (Lipinski definition) is 1. The molecule has 0 unspecified atom stereocenters. The lowest BCUT2D eigenvalue weighted by atomic mass is 10.2. The summed E-state index contributed by atoms with van der Waals surface area (Å²) in [5.74, 6) is -1.03. The maximum Gasteiger partial charge on any atom is 0.374 e. The van der Waals surface area contributed by atoms with Crippen LogP contribution in [0.15, 0.2) is 24.3 Å². The molecule has 0 bridgehead atoms. The highest BCUT2D eigenvalue weighted by molar-refractivity contribution is 5.89. The van der Waals surface area contributed by atoms with Crippen molar-refractivity contribution in [3.63, 3.8) is 0 Å². The molecule has 0 spiro atoms. The molecule has 0 saturated heterocycles. The second kappa shape index (κ2) is 6.13. The van der Waals surface area contributed by atoms with Crippen LogP contribution in [0.3, 0.4) is 0 Å². The van der Waals surface area contributed by atoms with Crippen LogP contribution in [0.5, 0.6) is 5.88 Å². The van der Waals surface area contributed by atoms with Crippen molar-refractivity contribution in [2.75, 3.05) is 6.61 Å². The average Bonchev–Trinajstić information content (AvgIpc) is 2.43. The third-order valence-corrected chi connectivity index (χ3v) is 2.75. The Morgan fingerprint density at radius 2 is 2.05 bits per heavy atom. The van der Waals surface area contributed by atoms with Crippen molar-refractivity contribution >= 4 is 16.9 Å². The average molecular weight is 260 g/mol. The number of carbonyl (C=O) groups is 1. The van der Waals surface area contributed by atoms with Crippen LogP contribution in [0.2, 0.25) is 0 Å². The van der Waals surface area contributed by atoms with Gasteiger partial charge in [-0.1, -0.05) is 31.9 Å². The lowest BCUT2D eigenvalue weighted by Gasteiger charge is -2.08. The first kappa shape index (κ1) is 13.3. The van der Waals surface area contributed by atoms with Gasteiger partial charge < -0.3 is 9.84 Å². The Labute approximate surface area is 111 Å². The van der Waals surface area contributed by atoms with Gasteiger partial charge in [-0.05, 0) is 18.6 Å². The van der Waals surface area contributed by atoms with Crippen LogP contribution >= 0.6 is 0 Å². The van der Waals surface area contributed by atoms with E-state index in [1.54, 1.807) is 6.07 Å². The standard InChI is InChI=1S/C14H16N2O3/c1-2-3-6-9-19-13-10-7-4-5-8-11(10)15-12(16-13)14(17)18/h4-5,7-8H,2-3,6,9H2,1H3,(H,17,18). The molecule has 0 atom stereocenters. The summed E-state index contributed by atoms with van der Waals surface area (Å²) in [5.41, 5.74) is 0.584. The van der Waals surface area contributed by atoms with Gasteiger partial charge >= 0.3 is 5.97 Å². The maximum atomic E-state index is 11.0. The molecule has 0 saturated carbocycles. The Balaban J connectivity index is 2.31. The molecular weight excluding hydrogens is 244 g/mol. The Bertz CT molecular complexity index is 584. The van der Waals surface area contributed by atoms with Crippen LogP contribution in [0, 0.1) is 0 Å². The van der Waals surface area contributed by atoms with Crippen LogP contribution in [-0.2, 0) is 0 Å². The molecule has 2 rings (SSSR count). The van der Waals surface area contributed by atoms with Crippen molar-refractivity contribution in [1.29, 1.82) is 0 Å². The second-order valence-corrected chi connectivity index (χ2v) is 4.23. The molecule has 1 heterocycles. The molecule has 1 N–H and O–H groups in total. The van der Waals surface area contributed by atoms with Crippen LogP contribution in [-0.4, -0.2) is 27.7 Å². The van der Waals surface area contributed by atoms with Gasteiger partial charge in [0.1, 0.15) is 0 Å². The van der Waals surface area contributed by atoms with Crippen LogP contribution in [0.25, 0.3) is 10.9 Å². The third-order valence-electron chi connectivity index (χ3n) is 2.75. The van der Waals surface area contributed by atoms with E-state index in [1.165, 1.54) is 0 Å². The lowest BCUT2D eigenvalue weighted by molar-refractivity contribution is 0.0682. The summed E-state index contributed by atoms with van der Waals surface area (Å²) in [4.78, 5) is 18.9. The first-order valence-electron chi connectivity index (χ1n) is 6.35. The van der Waals surface area contributed by atoms with E-state index in [0.29, 0.717) is 18.0 Å². The Hall–Kier alpha value is -2.17. The van der Waals surface area contributed by atoms with Crippen molar-refractivity contribution < 1.29 is 14.6 Å². The van der Waals surface area contributed by atoms with E-state index >= 15 is 0 Å². The normalized spacial score (nSPS) is 10.6. The molecular formula is C14H16N2O3. The highest BCUT2D eigenvalue weighted by Crippen LogP contribution is 2.22. The number of aromatic carboxylic acids is 1. The summed E-state index contributed by atoms with van der Waals surface area (Å²) in [6.45, 7) is 2.65. The smallest absolute Gasteiger partial charge is 0.374 e. The van der Waals surface area contributed by atoms with E-state index in [1.807, 2.05) is 18.2 Å². The van der Waals surface area contributed by atoms with Gasteiger partial charge in [0.25, 0.3) is 0 Å². The first-order valence-corrected chi connectivity index (χ1v) is 6.35. The predicted molar refractivity (Wildman–Crippen MR) is 71.5 cm³/mol. The Morgan fingerprint density at radius 3 is 2.79 bits per heavy atom. The molecule has 1 aromatic carbocycles. The fourth-order valence-electron chi connectivity index (χ4n) is 1.77. The molecule has 1 aromatic heterocycles. The van der Waals surface area contributed by atoms with E-state index < -0.39 is 5.97 Å². The van der Waals surface area contributed by atoms with Crippen LogP contribution in [0.4, 0.5) is 0 Å².